The fourth-order valence-electron chi connectivity index (χ4n) is 2.77. The van der Waals surface area contributed by atoms with Crippen LogP contribution in [0.4, 0.5) is 0 Å². The molecule has 1 aliphatic carbocycles. The predicted molar refractivity (Wildman–Crippen MR) is 75.7 cm³/mol. The molecule has 1 nitrogen and oxygen atoms in total. The lowest BCUT2D eigenvalue weighted by molar-refractivity contribution is 0.620. The average molecular weight is 229 g/mol. The standard InChI is InChI=1S/C14H17N.C2H6/c1-10(2)15-9-12-7-3-5-11-6-4-8-13(15)14(11)12;1-2/h4,6,8-10H,3,5,7H2,1-2H3;1-2H3. The van der Waals surface area contributed by atoms with Crippen molar-refractivity contribution in [1.29, 1.82) is 0 Å². The Balaban J connectivity index is 0.000000514. The van der Waals surface area contributed by atoms with E-state index in [1.54, 1.807) is 11.1 Å². The topological polar surface area (TPSA) is 4.93 Å². The minimum Gasteiger partial charge on any atom is -0.345 e. The summed E-state index contributed by atoms with van der Waals surface area (Å²) in [6, 6.07) is 7.31. The number of rotatable bonds is 1. The number of hydrogen-bond acceptors (Lipinski definition) is 0. The molecule has 1 heteroatoms. The molecule has 0 saturated carbocycles. The molecular weight excluding hydrogens is 206 g/mol. The lowest BCUT2D eigenvalue weighted by Gasteiger charge is -2.12. The first-order valence-corrected chi connectivity index (χ1v) is 6.88. The van der Waals surface area contributed by atoms with Gasteiger partial charge in [0.25, 0.3) is 0 Å². The first kappa shape index (κ1) is 12.2. The van der Waals surface area contributed by atoms with Gasteiger partial charge in [-0.05, 0) is 50.3 Å². The van der Waals surface area contributed by atoms with Gasteiger partial charge in [-0.15, -0.1) is 0 Å². The van der Waals surface area contributed by atoms with Crippen LogP contribution in [-0.4, -0.2) is 4.57 Å². The number of benzene rings is 1. The Morgan fingerprint density at radius 3 is 2.47 bits per heavy atom. The number of aromatic nitrogens is 1. The molecular formula is C16H23N. The third-order valence-corrected chi connectivity index (χ3v) is 3.47. The summed E-state index contributed by atoms with van der Waals surface area (Å²) in [5.74, 6) is 0. The predicted octanol–water partition coefficient (Wildman–Crippen LogP) is 4.74. The zero-order valence-corrected chi connectivity index (χ0v) is 11.5. The summed E-state index contributed by atoms with van der Waals surface area (Å²) in [6.45, 7) is 8.52. The highest BCUT2D eigenvalue weighted by molar-refractivity contribution is 5.88. The Hall–Kier alpha value is -1.24. The zero-order valence-electron chi connectivity index (χ0n) is 11.5. The highest BCUT2D eigenvalue weighted by atomic mass is 15.0. The van der Waals surface area contributed by atoms with Crippen LogP contribution < -0.4 is 0 Å². The van der Waals surface area contributed by atoms with Crippen molar-refractivity contribution >= 4 is 10.9 Å². The molecule has 0 saturated heterocycles. The second-order valence-electron chi connectivity index (χ2n) is 4.82. The molecule has 92 valence electrons. The van der Waals surface area contributed by atoms with Crippen LogP contribution in [0.15, 0.2) is 24.4 Å². The normalized spacial score (nSPS) is 13.7. The van der Waals surface area contributed by atoms with Gasteiger partial charge in [0.1, 0.15) is 0 Å². The molecule has 3 rings (SSSR count). The van der Waals surface area contributed by atoms with Gasteiger partial charge < -0.3 is 4.57 Å². The fourth-order valence-corrected chi connectivity index (χ4v) is 2.77. The van der Waals surface area contributed by atoms with Crippen molar-refractivity contribution < 1.29 is 0 Å². The van der Waals surface area contributed by atoms with Gasteiger partial charge in [0.15, 0.2) is 0 Å². The van der Waals surface area contributed by atoms with Gasteiger partial charge in [-0.2, -0.15) is 0 Å². The molecule has 0 amide bonds. The van der Waals surface area contributed by atoms with Crippen molar-refractivity contribution in [2.75, 3.05) is 0 Å². The van der Waals surface area contributed by atoms with Gasteiger partial charge in [0.2, 0.25) is 0 Å². The van der Waals surface area contributed by atoms with Crippen LogP contribution >= 0.6 is 0 Å². The minimum absolute atomic E-state index is 0.564. The van der Waals surface area contributed by atoms with Gasteiger partial charge in [0.05, 0.1) is 0 Å². The molecule has 2 aromatic rings. The second-order valence-corrected chi connectivity index (χ2v) is 4.82. The largest absolute Gasteiger partial charge is 0.345 e. The Kier molecular flexibility index (Phi) is 3.56. The molecule has 0 bridgehead atoms. The number of nitrogens with zero attached hydrogens (tertiary/aromatic N) is 1. The van der Waals surface area contributed by atoms with Crippen molar-refractivity contribution in [2.45, 2.75) is 53.0 Å². The van der Waals surface area contributed by atoms with Crippen molar-refractivity contribution in [3.8, 4) is 0 Å². The van der Waals surface area contributed by atoms with Crippen molar-refractivity contribution in [2.24, 2.45) is 0 Å². The monoisotopic (exact) mass is 229 g/mol. The van der Waals surface area contributed by atoms with Crippen LogP contribution in [0.1, 0.15) is 51.3 Å². The molecule has 0 spiro atoms. The lowest BCUT2D eigenvalue weighted by atomic mass is 9.93. The number of hydrogen-bond donors (Lipinski definition) is 0. The SMILES string of the molecule is CC.CC(C)n1cc2c3c(cccc31)CCC2. The molecule has 17 heavy (non-hydrogen) atoms. The van der Waals surface area contributed by atoms with Crippen LogP contribution in [0.3, 0.4) is 0 Å². The summed E-state index contributed by atoms with van der Waals surface area (Å²) in [5, 5.41) is 1.54. The van der Waals surface area contributed by atoms with E-state index in [0.29, 0.717) is 6.04 Å². The maximum absolute atomic E-state index is 2.42. The molecule has 0 N–H and O–H groups in total. The summed E-state index contributed by atoms with van der Waals surface area (Å²) in [5.41, 5.74) is 4.53. The quantitative estimate of drug-likeness (QED) is 0.665. The Morgan fingerprint density at radius 1 is 1.06 bits per heavy atom. The maximum Gasteiger partial charge on any atom is 0.0488 e. The van der Waals surface area contributed by atoms with Crippen LogP contribution in [0.25, 0.3) is 10.9 Å². The van der Waals surface area contributed by atoms with E-state index in [-0.39, 0.29) is 0 Å². The summed E-state index contributed by atoms with van der Waals surface area (Å²) >= 11 is 0. The molecule has 0 aliphatic heterocycles. The van der Waals surface area contributed by atoms with E-state index in [1.165, 1.54) is 30.2 Å². The number of aryl methyl sites for hydroxylation is 2. The first-order valence-electron chi connectivity index (χ1n) is 6.88. The smallest absolute Gasteiger partial charge is 0.0488 e. The van der Waals surface area contributed by atoms with E-state index in [0.717, 1.165) is 0 Å². The summed E-state index contributed by atoms with van der Waals surface area (Å²) in [4.78, 5) is 0. The zero-order chi connectivity index (χ0) is 12.4. The molecule has 1 heterocycles. The van der Waals surface area contributed by atoms with Gasteiger partial charge in [-0.1, -0.05) is 26.0 Å². The van der Waals surface area contributed by atoms with E-state index in [2.05, 4.69) is 42.8 Å². The van der Waals surface area contributed by atoms with E-state index >= 15 is 0 Å². The minimum atomic E-state index is 0.564. The van der Waals surface area contributed by atoms with E-state index in [9.17, 15) is 0 Å². The van der Waals surface area contributed by atoms with Crippen LogP contribution in [0.5, 0.6) is 0 Å². The maximum atomic E-state index is 2.42. The van der Waals surface area contributed by atoms with Gasteiger partial charge in [0, 0.05) is 23.1 Å². The van der Waals surface area contributed by atoms with E-state index in [4.69, 9.17) is 0 Å². The Bertz CT molecular complexity index is 505. The van der Waals surface area contributed by atoms with Gasteiger partial charge in [-0.3, -0.25) is 0 Å². The molecule has 0 radical (unpaired) electrons. The van der Waals surface area contributed by atoms with Crippen molar-refractivity contribution in [3.05, 3.63) is 35.5 Å². The summed E-state index contributed by atoms with van der Waals surface area (Å²) in [7, 11) is 0. The highest BCUT2D eigenvalue weighted by Gasteiger charge is 2.16. The molecule has 0 atom stereocenters. The third kappa shape index (κ3) is 1.99. The fraction of sp³-hybridized carbons (Fsp3) is 0.500. The van der Waals surface area contributed by atoms with Gasteiger partial charge in [-0.25, -0.2) is 0 Å². The molecule has 0 fully saturated rings. The first-order chi connectivity index (χ1) is 8.27. The van der Waals surface area contributed by atoms with Crippen LogP contribution in [0, 0.1) is 0 Å². The van der Waals surface area contributed by atoms with E-state index < -0.39 is 0 Å². The Morgan fingerprint density at radius 2 is 1.76 bits per heavy atom. The van der Waals surface area contributed by atoms with Crippen molar-refractivity contribution in [1.82, 2.24) is 4.57 Å². The summed E-state index contributed by atoms with van der Waals surface area (Å²) < 4.78 is 2.42. The summed E-state index contributed by atoms with van der Waals surface area (Å²) in [6.07, 6.45) is 6.19. The third-order valence-electron chi connectivity index (χ3n) is 3.47. The van der Waals surface area contributed by atoms with Crippen LogP contribution in [-0.2, 0) is 12.8 Å². The van der Waals surface area contributed by atoms with E-state index in [1.807, 2.05) is 13.8 Å². The molecule has 1 aromatic carbocycles. The van der Waals surface area contributed by atoms with Gasteiger partial charge >= 0.3 is 0 Å². The molecule has 1 aliphatic rings. The van der Waals surface area contributed by atoms with Crippen molar-refractivity contribution in [3.63, 3.8) is 0 Å². The molecule has 0 unspecified atom stereocenters. The Labute approximate surface area is 104 Å². The lowest BCUT2D eigenvalue weighted by Crippen LogP contribution is -1.98. The molecule has 1 aromatic heterocycles. The highest BCUT2D eigenvalue weighted by Crippen LogP contribution is 2.32. The second kappa shape index (κ2) is 4.95. The van der Waals surface area contributed by atoms with Crippen LogP contribution in [0.2, 0.25) is 0 Å². The average Bonchev–Trinajstić information content (AvgIpc) is 2.74.